The highest BCUT2D eigenvalue weighted by Gasteiger charge is 2.19. The summed E-state index contributed by atoms with van der Waals surface area (Å²) in [6.07, 6.45) is 8.08. The molecule has 0 unspecified atom stereocenters. The number of aromatic nitrogens is 2. The minimum absolute atomic E-state index is 0.0607. The minimum Gasteiger partial charge on any atom is -0.323 e. The maximum absolute atomic E-state index is 12.8. The summed E-state index contributed by atoms with van der Waals surface area (Å²) in [7, 11) is -3.69. The number of imidazole rings is 1. The number of nitrogens with one attached hydrogen (secondary N) is 1. The molecule has 0 saturated carbocycles. The van der Waals surface area contributed by atoms with Crippen LogP contribution in [0.5, 0.6) is 0 Å². The molecule has 1 N–H and O–H groups in total. The largest absolute Gasteiger partial charge is 0.323 e. The predicted molar refractivity (Wildman–Crippen MR) is 160 cm³/mol. The molecule has 0 aliphatic heterocycles. The molecule has 204 valence electrons. The summed E-state index contributed by atoms with van der Waals surface area (Å²) in [5.41, 5.74) is 3.66. The normalized spacial score (nSPS) is 11.8. The lowest BCUT2D eigenvalue weighted by Crippen LogP contribution is -2.31. The zero-order valence-corrected chi connectivity index (χ0v) is 23.6. The highest BCUT2D eigenvalue weighted by molar-refractivity contribution is 7.90. The molecule has 39 heavy (non-hydrogen) atoms. The summed E-state index contributed by atoms with van der Waals surface area (Å²) in [5.74, 6) is 0.225. The van der Waals surface area contributed by atoms with E-state index in [0.29, 0.717) is 13.0 Å². The van der Waals surface area contributed by atoms with E-state index in [2.05, 4.69) is 52.6 Å². The number of hydrogen-bond acceptors (Lipinski definition) is 4. The van der Waals surface area contributed by atoms with Gasteiger partial charge in [-0.3, -0.25) is 4.79 Å². The highest BCUT2D eigenvalue weighted by Crippen LogP contribution is 2.33. The summed E-state index contributed by atoms with van der Waals surface area (Å²) < 4.78 is 29.2. The first-order valence-corrected chi connectivity index (χ1v) is 15.4. The van der Waals surface area contributed by atoms with Crippen LogP contribution < -0.4 is 4.72 Å². The van der Waals surface area contributed by atoms with Crippen molar-refractivity contribution in [1.29, 1.82) is 0 Å². The smallest absolute Gasteiger partial charge is 0.257 e. The fraction of sp³-hybridized carbons (Fsp3) is 0.312. The summed E-state index contributed by atoms with van der Waals surface area (Å²) in [6, 6.07) is 24.5. The van der Waals surface area contributed by atoms with Gasteiger partial charge in [0, 0.05) is 24.6 Å². The molecule has 7 heteroatoms. The average Bonchev–Trinajstić information content (AvgIpc) is 3.27. The molecule has 0 saturated heterocycles. The fourth-order valence-electron chi connectivity index (χ4n) is 4.72. The summed E-state index contributed by atoms with van der Waals surface area (Å²) in [4.78, 5) is 17.9. The van der Waals surface area contributed by atoms with E-state index >= 15 is 0 Å². The van der Waals surface area contributed by atoms with Crippen LogP contribution in [-0.4, -0.2) is 29.6 Å². The van der Waals surface area contributed by atoms with Crippen molar-refractivity contribution in [3.8, 4) is 11.3 Å². The second-order valence-electron chi connectivity index (χ2n) is 9.79. The average molecular weight is 544 g/mol. The van der Waals surface area contributed by atoms with E-state index in [1.807, 2.05) is 43.3 Å². The van der Waals surface area contributed by atoms with E-state index in [0.717, 1.165) is 71.2 Å². The molecule has 3 aromatic carbocycles. The Bertz CT molecular complexity index is 1530. The summed E-state index contributed by atoms with van der Waals surface area (Å²) in [6.45, 7) is 4.76. The van der Waals surface area contributed by atoms with Crippen LogP contribution in [0.15, 0.2) is 78.9 Å². The lowest BCUT2D eigenvalue weighted by atomic mass is 10.0. The van der Waals surface area contributed by atoms with E-state index in [1.165, 1.54) is 6.08 Å². The molecule has 1 aromatic heterocycles. The second-order valence-corrected chi connectivity index (χ2v) is 11.6. The third kappa shape index (κ3) is 7.45. The van der Waals surface area contributed by atoms with Crippen molar-refractivity contribution in [1.82, 2.24) is 14.3 Å². The van der Waals surface area contributed by atoms with Crippen molar-refractivity contribution in [2.75, 3.05) is 5.75 Å². The summed E-state index contributed by atoms with van der Waals surface area (Å²) in [5, 5.41) is 2.18. The van der Waals surface area contributed by atoms with Gasteiger partial charge in [0.25, 0.3) is 5.91 Å². The molecule has 1 heterocycles. The van der Waals surface area contributed by atoms with Gasteiger partial charge < -0.3 is 4.57 Å². The Labute approximate surface area is 231 Å². The van der Waals surface area contributed by atoms with Gasteiger partial charge in [0.05, 0.1) is 17.1 Å². The van der Waals surface area contributed by atoms with Crippen molar-refractivity contribution >= 4 is 32.8 Å². The first kappa shape index (κ1) is 28.3. The van der Waals surface area contributed by atoms with Crippen molar-refractivity contribution in [3.05, 3.63) is 96.0 Å². The zero-order valence-electron chi connectivity index (χ0n) is 22.8. The van der Waals surface area contributed by atoms with Gasteiger partial charge in [0.15, 0.2) is 0 Å². The molecular formula is C32H37N3O3S. The molecule has 6 nitrogen and oxygen atoms in total. The van der Waals surface area contributed by atoms with Crippen LogP contribution in [-0.2, 0) is 27.8 Å². The van der Waals surface area contributed by atoms with Gasteiger partial charge in [0.2, 0.25) is 10.0 Å². The van der Waals surface area contributed by atoms with Gasteiger partial charge in [-0.2, -0.15) is 0 Å². The van der Waals surface area contributed by atoms with Gasteiger partial charge in [-0.1, -0.05) is 106 Å². The third-order valence-corrected chi connectivity index (χ3v) is 8.07. The number of aryl methyl sites for hydroxylation is 1. The lowest BCUT2D eigenvalue weighted by Gasteiger charge is -2.12. The number of benzene rings is 3. The Hall–Kier alpha value is -3.71. The van der Waals surface area contributed by atoms with E-state index in [9.17, 15) is 13.2 Å². The maximum Gasteiger partial charge on any atom is 0.257 e. The van der Waals surface area contributed by atoms with E-state index in [4.69, 9.17) is 4.98 Å². The number of fused-ring (bicyclic) bond motifs is 1. The van der Waals surface area contributed by atoms with Crippen LogP contribution in [0.1, 0.15) is 63.0 Å². The van der Waals surface area contributed by atoms with Crippen molar-refractivity contribution < 1.29 is 13.2 Å². The van der Waals surface area contributed by atoms with Crippen molar-refractivity contribution in [2.24, 2.45) is 0 Å². The van der Waals surface area contributed by atoms with Crippen LogP contribution in [0.25, 0.3) is 28.1 Å². The quantitative estimate of drug-likeness (QED) is 0.150. The molecule has 4 aromatic rings. The monoisotopic (exact) mass is 543 g/mol. The number of nitrogens with zero attached hydrogens (tertiary/aromatic N) is 2. The molecule has 0 aliphatic rings. The van der Waals surface area contributed by atoms with Crippen molar-refractivity contribution in [2.45, 2.75) is 58.9 Å². The first-order valence-electron chi connectivity index (χ1n) is 13.8. The number of rotatable bonds is 13. The molecule has 0 fully saturated rings. The molecule has 1 amide bonds. The second kappa shape index (κ2) is 13.4. The van der Waals surface area contributed by atoms with Crippen LogP contribution in [0.3, 0.4) is 0 Å². The number of sulfonamides is 1. The molecule has 0 spiro atoms. The molecule has 4 rings (SSSR count). The third-order valence-electron chi connectivity index (χ3n) is 6.73. The number of hydrogen-bond donors (Lipinski definition) is 1. The summed E-state index contributed by atoms with van der Waals surface area (Å²) >= 11 is 0. The van der Waals surface area contributed by atoms with Crippen LogP contribution in [0.2, 0.25) is 0 Å². The van der Waals surface area contributed by atoms with Crippen molar-refractivity contribution in [3.63, 3.8) is 0 Å². The van der Waals surface area contributed by atoms with Crippen LogP contribution in [0.4, 0.5) is 0 Å². The molecule has 0 atom stereocenters. The Kier molecular flexibility index (Phi) is 9.71. The van der Waals surface area contributed by atoms with E-state index in [1.54, 1.807) is 6.08 Å². The number of amides is 1. The maximum atomic E-state index is 12.8. The minimum atomic E-state index is -3.69. The SMILES string of the molecule is CCCCCS(=O)(=O)NC(=O)C=Cc1c(-c2cccc3ccccc23)nc(CCCC)n1Cc1ccccc1. The first-order chi connectivity index (χ1) is 18.9. The number of carbonyl (C=O) groups is 1. The molecule has 0 radical (unpaired) electrons. The highest BCUT2D eigenvalue weighted by atomic mass is 32.2. The lowest BCUT2D eigenvalue weighted by molar-refractivity contribution is -0.114. The molecule has 0 aliphatic carbocycles. The Morgan fingerprint density at radius 1 is 0.897 bits per heavy atom. The molecule has 0 bridgehead atoms. The van der Waals surface area contributed by atoms with Crippen LogP contribution >= 0.6 is 0 Å². The van der Waals surface area contributed by atoms with Gasteiger partial charge in [0.1, 0.15) is 5.82 Å². The van der Waals surface area contributed by atoms with E-state index in [-0.39, 0.29) is 5.75 Å². The van der Waals surface area contributed by atoms with Gasteiger partial charge in [-0.05, 0) is 35.3 Å². The standard InChI is InChI=1S/C32H37N3O3S/c1-3-5-12-23-39(37,38)34-31(36)22-21-29-32(28-19-13-17-26-16-10-11-18-27(26)28)33-30(20-6-4-2)35(29)24-25-14-8-7-9-15-25/h7-11,13-19,21-22H,3-6,12,20,23-24H2,1-2H3,(H,34,36). The van der Waals surface area contributed by atoms with Gasteiger partial charge in [-0.15, -0.1) is 0 Å². The Balaban J connectivity index is 1.79. The number of carbonyl (C=O) groups excluding carboxylic acids is 1. The topological polar surface area (TPSA) is 81.1 Å². The molecular weight excluding hydrogens is 506 g/mol. The fourth-order valence-corrected chi connectivity index (χ4v) is 5.78. The zero-order chi connectivity index (χ0) is 27.7. The Morgan fingerprint density at radius 3 is 2.38 bits per heavy atom. The number of unbranched alkanes of at least 4 members (excludes halogenated alkanes) is 3. The predicted octanol–water partition coefficient (Wildman–Crippen LogP) is 6.74. The van der Waals surface area contributed by atoms with Crippen LogP contribution in [0, 0.1) is 0 Å². The van der Waals surface area contributed by atoms with E-state index < -0.39 is 15.9 Å². The van der Waals surface area contributed by atoms with Gasteiger partial charge in [-0.25, -0.2) is 18.1 Å². The Morgan fingerprint density at radius 2 is 1.62 bits per heavy atom. The van der Waals surface area contributed by atoms with Gasteiger partial charge >= 0.3 is 0 Å².